The Balaban J connectivity index is 1.82. The van der Waals surface area contributed by atoms with Crippen LogP contribution in [0.4, 0.5) is 18.9 Å². The van der Waals surface area contributed by atoms with Gasteiger partial charge in [0.15, 0.2) is 0 Å². The van der Waals surface area contributed by atoms with Gasteiger partial charge in [-0.2, -0.15) is 13.2 Å². The molecule has 3 rings (SSSR count). The van der Waals surface area contributed by atoms with Gasteiger partial charge in [-0.3, -0.25) is 14.5 Å². The van der Waals surface area contributed by atoms with Crippen LogP contribution in [0.5, 0.6) is 5.75 Å². The summed E-state index contributed by atoms with van der Waals surface area (Å²) in [6.45, 7) is 4.60. The third-order valence-corrected chi connectivity index (χ3v) is 6.73. The second-order valence-corrected chi connectivity index (χ2v) is 10.2. The van der Waals surface area contributed by atoms with E-state index in [4.69, 9.17) is 9.84 Å². The van der Waals surface area contributed by atoms with Crippen molar-refractivity contribution in [2.45, 2.75) is 51.6 Å². The average molecular weight is 566 g/mol. The molecule has 2 amide bonds. The number of anilines is 1. The monoisotopic (exact) mass is 565 g/mol. The first-order chi connectivity index (χ1) is 18.8. The Bertz CT molecular complexity index is 1200. The zero-order valence-corrected chi connectivity index (χ0v) is 22.6. The zero-order chi connectivity index (χ0) is 29.6. The molecule has 0 fully saturated rings. The van der Waals surface area contributed by atoms with E-state index >= 15 is 0 Å². The van der Waals surface area contributed by atoms with Crippen molar-refractivity contribution in [2.24, 2.45) is 5.92 Å². The molecule has 9 nitrogen and oxygen atoms in total. The number of halogens is 3. The van der Waals surface area contributed by atoms with Crippen molar-refractivity contribution in [1.82, 2.24) is 9.80 Å². The number of nitrogens with one attached hydrogen (secondary N) is 1. The number of carbonyl (C=O) groups excluding carboxylic acids is 2. The molecule has 0 bridgehead atoms. The minimum atomic E-state index is -4.46. The molecule has 2 aromatic rings. The van der Waals surface area contributed by atoms with Crippen LogP contribution in [0, 0.1) is 5.92 Å². The van der Waals surface area contributed by atoms with Gasteiger partial charge in [-0.15, -0.1) is 0 Å². The lowest BCUT2D eigenvalue weighted by atomic mass is 9.99. The van der Waals surface area contributed by atoms with Crippen molar-refractivity contribution >= 4 is 23.5 Å². The number of carboxylic acid groups (broad SMARTS) is 1. The molecule has 1 heterocycles. The van der Waals surface area contributed by atoms with E-state index in [0.29, 0.717) is 13.1 Å². The Hall–Kier alpha value is -3.64. The normalized spacial score (nSPS) is 18.4. The predicted molar refractivity (Wildman–Crippen MR) is 141 cm³/mol. The van der Waals surface area contributed by atoms with Crippen LogP contribution in [-0.4, -0.2) is 82.9 Å². The molecule has 3 atom stereocenters. The fraction of sp³-hybridized carbons (Fsp3) is 0.464. The SMILES string of the molecule is C[C@H](CO)N1C[C@H](C)[C@H](CN(C)Cc2ccc(C(=O)O)cc2)Oc2ccc(NC(=O)CCC(F)(F)F)cc2C1=O. The Morgan fingerprint density at radius 1 is 1.20 bits per heavy atom. The van der Waals surface area contributed by atoms with Crippen molar-refractivity contribution < 1.29 is 42.5 Å². The van der Waals surface area contributed by atoms with E-state index in [1.54, 1.807) is 19.1 Å². The molecule has 40 heavy (non-hydrogen) atoms. The summed E-state index contributed by atoms with van der Waals surface area (Å²) in [5, 5.41) is 21.3. The number of benzene rings is 2. The van der Waals surface area contributed by atoms with Crippen LogP contribution in [0.1, 0.15) is 53.0 Å². The number of aromatic carboxylic acids is 1. The van der Waals surface area contributed by atoms with Crippen molar-refractivity contribution in [3.63, 3.8) is 0 Å². The second kappa shape index (κ2) is 13.1. The first kappa shape index (κ1) is 30.9. The third kappa shape index (κ3) is 8.43. The molecule has 0 unspecified atom stereocenters. The highest BCUT2D eigenvalue weighted by Gasteiger charge is 2.34. The minimum absolute atomic E-state index is 0.123. The van der Waals surface area contributed by atoms with Crippen molar-refractivity contribution in [3.05, 3.63) is 59.2 Å². The van der Waals surface area contributed by atoms with Crippen LogP contribution in [-0.2, 0) is 11.3 Å². The number of aliphatic hydroxyl groups is 1. The number of carboxylic acids is 1. The van der Waals surface area contributed by atoms with Gasteiger partial charge in [-0.1, -0.05) is 19.1 Å². The van der Waals surface area contributed by atoms with Crippen LogP contribution in [0.25, 0.3) is 0 Å². The molecule has 1 aliphatic rings. The molecule has 0 saturated heterocycles. The summed E-state index contributed by atoms with van der Waals surface area (Å²) >= 11 is 0. The fourth-order valence-electron chi connectivity index (χ4n) is 4.43. The van der Waals surface area contributed by atoms with E-state index < -0.39 is 48.9 Å². The number of alkyl halides is 3. The van der Waals surface area contributed by atoms with Crippen LogP contribution >= 0.6 is 0 Å². The van der Waals surface area contributed by atoms with Gasteiger partial charge in [-0.05, 0) is 49.9 Å². The van der Waals surface area contributed by atoms with Crippen molar-refractivity contribution in [3.8, 4) is 5.75 Å². The maximum atomic E-state index is 13.5. The number of aliphatic hydroxyl groups excluding tert-OH is 1. The highest BCUT2D eigenvalue weighted by atomic mass is 19.4. The summed E-state index contributed by atoms with van der Waals surface area (Å²) in [4.78, 5) is 40.2. The van der Waals surface area contributed by atoms with Crippen molar-refractivity contribution in [1.29, 1.82) is 0 Å². The Labute approximate surface area is 230 Å². The Kier molecular flexibility index (Phi) is 10.2. The number of rotatable bonds is 10. The lowest BCUT2D eigenvalue weighted by Gasteiger charge is -2.38. The first-order valence-corrected chi connectivity index (χ1v) is 12.9. The van der Waals surface area contributed by atoms with E-state index in [2.05, 4.69) is 5.32 Å². The van der Waals surface area contributed by atoms with E-state index in [0.717, 1.165) is 5.56 Å². The summed E-state index contributed by atoms with van der Waals surface area (Å²) in [6, 6.07) is 10.4. The third-order valence-electron chi connectivity index (χ3n) is 6.73. The maximum absolute atomic E-state index is 13.5. The molecule has 0 spiro atoms. The number of fused-ring (bicyclic) bond motifs is 1. The van der Waals surface area contributed by atoms with E-state index in [9.17, 15) is 32.7 Å². The molecule has 0 saturated carbocycles. The molecule has 3 N–H and O–H groups in total. The fourth-order valence-corrected chi connectivity index (χ4v) is 4.43. The molecule has 12 heteroatoms. The summed E-state index contributed by atoms with van der Waals surface area (Å²) in [5.41, 5.74) is 1.38. The number of likely N-dealkylation sites (N-methyl/N-ethyl adjacent to an activating group) is 1. The van der Waals surface area contributed by atoms with E-state index in [1.165, 1.54) is 35.2 Å². The Morgan fingerprint density at radius 2 is 1.88 bits per heavy atom. The molecule has 1 aliphatic heterocycles. The lowest BCUT2D eigenvalue weighted by Crippen LogP contribution is -2.49. The molecule has 0 aliphatic carbocycles. The van der Waals surface area contributed by atoms with Gasteiger partial charge in [0.25, 0.3) is 5.91 Å². The first-order valence-electron chi connectivity index (χ1n) is 12.9. The van der Waals surface area contributed by atoms with E-state index in [1.807, 2.05) is 18.9 Å². The smallest absolute Gasteiger partial charge is 0.389 e. The van der Waals surface area contributed by atoms with Gasteiger partial charge < -0.3 is 25.2 Å². The largest absolute Gasteiger partial charge is 0.488 e. The van der Waals surface area contributed by atoms with Crippen LogP contribution in [0.2, 0.25) is 0 Å². The van der Waals surface area contributed by atoms with E-state index in [-0.39, 0.29) is 41.6 Å². The summed E-state index contributed by atoms with van der Waals surface area (Å²) in [7, 11) is 1.89. The molecule has 218 valence electrons. The Morgan fingerprint density at radius 3 is 2.48 bits per heavy atom. The molecular formula is C28H34F3N3O6. The predicted octanol–water partition coefficient (Wildman–Crippen LogP) is 4.02. The lowest BCUT2D eigenvalue weighted by molar-refractivity contribution is -0.142. The minimum Gasteiger partial charge on any atom is -0.488 e. The summed E-state index contributed by atoms with van der Waals surface area (Å²) in [6.07, 6.45) is -6.86. The number of nitrogens with zero attached hydrogens (tertiary/aromatic N) is 2. The molecule has 0 aromatic heterocycles. The number of carbonyl (C=O) groups is 3. The summed E-state index contributed by atoms with van der Waals surface area (Å²) in [5.74, 6) is -2.16. The molecule has 0 radical (unpaired) electrons. The van der Waals surface area contributed by atoms with Gasteiger partial charge in [0.2, 0.25) is 5.91 Å². The molecular weight excluding hydrogens is 531 g/mol. The molecule has 2 aromatic carbocycles. The van der Waals surface area contributed by atoms with Crippen molar-refractivity contribution in [2.75, 3.05) is 32.1 Å². The van der Waals surface area contributed by atoms with Crippen LogP contribution in [0.15, 0.2) is 42.5 Å². The standard InChI is InChI=1S/C28H34F3N3O6/c1-17-13-34(18(2)16-35)26(37)22-12-21(32-25(36)10-11-28(29,30)31)8-9-23(22)40-24(17)15-33(3)14-19-4-6-20(7-5-19)27(38)39/h4-9,12,17-18,24,35H,10-11,13-16H2,1-3H3,(H,32,36)(H,38,39)/t17-,18+,24-/m0/s1. The topological polar surface area (TPSA) is 119 Å². The number of hydrogen-bond acceptors (Lipinski definition) is 6. The maximum Gasteiger partial charge on any atom is 0.389 e. The van der Waals surface area contributed by atoms with Crippen LogP contribution < -0.4 is 10.1 Å². The highest BCUT2D eigenvalue weighted by Crippen LogP contribution is 2.31. The van der Waals surface area contributed by atoms with Gasteiger partial charge in [0.05, 0.1) is 30.2 Å². The highest BCUT2D eigenvalue weighted by molar-refractivity contribution is 6.00. The van der Waals surface area contributed by atoms with Gasteiger partial charge in [0.1, 0.15) is 11.9 Å². The van der Waals surface area contributed by atoms with Gasteiger partial charge in [0, 0.05) is 37.7 Å². The number of hydrogen-bond donors (Lipinski definition) is 3. The van der Waals surface area contributed by atoms with Gasteiger partial charge >= 0.3 is 12.1 Å². The summed E-state index contributed by atoms with van der Waals surface area (Å²) < 4.78 is 43.8. The average Bonchev–Trinajstić information content (AvgIpc) is 2.89. The zero-order valence-electron chi connectivity index (χ0n) is 22.6. The number of amides is 2. The number of ether oxygens (including phenoxy) is 1. The van der Waals surface area contributed by atoms with Gasteiger partial charge in [-0.25, -0.2) is 4.79 Å². The second-order valence-electron chi connectivity index (χ2n) is 10.2. The van der Waals surface area contributed by atoms with Crippen LogP contribution in [0.3, 0.4) is 0 Å². The quantitative estimate of drug-likeness (QED) is 0.398.